The Morgan fingerprint density at radius 2 is 2.07 bits per heavy atom. The predicted octanol–water partition coefficient (Wildman–Crippen LogP) is 4.52. The predicted molar refractivity (Wildman–Crippen MR) is 107 cm³/mol. The summed E-state index contributed by atoms with van der Waals surface area (Å²) in [6, 6.07) is 7.88. The Morgan fingerprint density at radius 3 is 2.81 bits per heavy atom. The zero-order valence-corrected chi connectivity index (χ0v) is 16.0. The lowest BCUT2D eigenvalue weighted by atomic mass is 9.89. The number of anilines is 1. The first-order chi connectivity index (χ1) is 13.2. The highest BCUT2D eigenvalue weighted by atomic mass is 16.5. The molecule has 2 heterocycles. The van der Waals surface area contributed by atoms with Crippen LogP contribution in [0.5, 0.6) is 5.75 Å². The van der Waals surface area contributed by atoms with Crippen LogP contribution in [0.4, 0.5) is 5.82 Å². The maximum absolute atomic E-state index is 12.7. The van der Waals surface area contributed by atoms with E-state index >= 15 is 0 Å². The summed E-state index contributed by atoms with van der Waals surface area (Å²) in [5.74, 6) is 1.59. The molecule has 0 spiro atoms. The molecule has 0 saturated heterocycles. The number of aromatic nitrogens is 3. The highest BCUT2D eigenvalue weighted by Crippen LogP contribution is 2.30. The van der Waals surface area contributed by atoms with E-state index in [1.54, 1.807) is 7.11 Å². The van der Waals surface area contributed by atoms with Crippen molar-refractivity contribution in [3.05, 3.63) is 24.3 Å². The lowest BCUT2D eigenvalue weighted by molar-refractivity contribution is -0.120. The second kappa shape index (κ2) is 7.55. The van der Waals surface area contributed by atoms with Crippen LogP contribution in [0, 0.1) is 5.92 Å². The number of carbonyl (C=O) groups excluding carboxylic acids is 1. The van der Waals surface area contributed by atoms with Crippen LogP contribution < -0.4 is 10.1 Å². The average Bonchev–Trinajstić information content (AvgIpc) is 3.03. The van der Waals surface area contributed by atoms with Gasteiger partial charge in [0.05, 0.1) is 18.0 Å². The van der Waals surface area contributed by atoms with E-state index in [0.717, 1.165) is 66.3 Å². The van der Waals surface area contributed by atoms with Gasteiger partial charge in [-0.15, -0.1) is 0 Å². The fraction of sp³-hybridized carbons (Fsp3) is 0.476. The lowest BCUT2D eigenvalue weighted by Gasteiger charge is -2.20. The van der Waals surface area contributed by atoms with Crippen LogP contribution in [0.2, 0.25) is 0 Å². The van der Waals surface area contributed by atoms with E-state index in [0.29, 0.717) is 5.82 Å². The monoisotopic (exact) mass is 366 g/mol. The third-order valence-corrected chi connectivity index (χ3v) is 5.38. The molecule has 0 atom stereocenters. The molecule has 1 N–H and O–H groups in total. The number of nitrogens with one attached hydrogen (secondary N) is 1. The third-order valence-electron chi connectivity index (χ3n) is 5.38. The molecule has 1 amide bonds. The van der Waals surface area contributed by atoms with Gasteiger partial charge in [0, 0.05) is 17.8 Å². The smallest absolute Gasteiger partial charge is 0.228 e. The molecule has 0 unspecified atom stereocenters. The van der Waals surface area contributed by atoms with Gasteiger partial charge >= 0.3 is 0 Å². The van der Waals surface area contributed by atoms with Crippen molar-refractivity contribution in [1.29, 1.82) is 0 Å². The molecule has 142 valence electrons. The molecule has 1 saturated carbocycles. The molecule has 4 rings (SSSR count). The number of fused-ring (bicyclic) bond motifs is 2. The Bertz CT molecular complexity index is 973. The van der Waals surface area contributed by atoms with Crippen molar-refractivity contribution < 1.29 is 9.53 Å². The van der Waals surface area contributed by atoms with E-state index in [4.69, 9.17) is 9.72 Å². The Morgan fingerprint density at radius 1 is 1.26 bits per heavy atom. The number of carbonyl (C=O) groups is 1. The van der Waals surface area contributed by atoms with E-state index in [1.807, 2.05) is 22.9 Å². The minimum atomic E-state index is 0.0866. The van der Waals surface area contributed by atoms with Gasteiger partial charge in [-0.2, -0.15) is 5.10 Å². The summed E-state index contributed by atoms with van der Waals surface area (Å²) in [5, 5.41) is 9.62. The number of ether oxygens (including phenoxy) is 1. The van der Waals surface area contributed by atoms with E-state index < -0.39 is 0 Å². The van der Waals surface area contributed by atoms with Gasteiger partial charge < -0.3 is 10.1 Å². The van der Waals surface area contributed by atoms with Gasteiger partial charge in [0.1, 0.15) is 5.75 Å². The molecule has 1 aliphatic rings. The highest BCUT2D eigenvalue weighted by Gasteiger charge is 2.23. The number of nitrogens with zero attached hydrogens (tertiary/aromatic N) is 3. The summed E-state index contributed by atoms with van der Waals surface area (Å²) in [6.07, 6.45) is 6.39. The van der Waals surface area contributed by atoms with Gasteiger partial charge in [0.25, 0.3) is 0 Å². The summed E-state index contributed by atoms with van der Waals surface area (Å²) in [4.78, 5) is 17.5. The molecule has 3 aromatic rings. The van der Waals surface area contributed by atoms with Crippen LogP contribution in [-0.2, 0) is 11.3 Å². The van der Waals surface area contributed by atoms with Gasteiger partial charge in [-0.3, -0.25) is 4.79 Å². The Hall–Kier alpha value is -2.63. The molecule has 2 aromatic heterocycles. The number of amides is 1. The van der Waals surface area contributed by atoms with Gasteiger partial charge in [-0.25, -0.2) is 9.67 Å². The molecule has 0 aliphatic heterocycles. The van der Waals surface area contributed by atoms with Crippen LogP contribution in [-0.4, -0.2) is 27.8 Å². The number of pyridine rings is 1. The van der Waals surface area contributed by atoms with Gasteiger partial charge in [0.15, 0.2) is 11.5 Å². The van der Waals surface area contributed by atoms with Crippen LogP contribution >= 0.6 is 0 Å². The minimum absolute atomic E-state index is 0.0866. The number of hydrogen-bond donors (Lipinski definition) is 1. The molecular formula is C21H26N4O2. The van der Waals surface area contributed by atoms with E-state index in [9.17, 15) is 4.79 Å². The van der Waals surface area contributed by atoms with Crippen LogP contribution in [0.15, 0.2) is 24.3 Å². The summed E-state index contributed by atoms with van der Waals surface area (Å²) >= 11 is 0. The van der Waals surface area contributed by atoms with E-state index in [-0.39, 0.29) is 11.8 Å². The average molecular weight is 366 g/mol. The summed E-state index contributed by atoms with van der Waals surface area (Å²) < 4.78 is 7.23. The van der Waals surface area contributed by atoms with Crippen LogP contribution in [0.3, 0.4) is 0 Å². The zero-order valence-electron chi connectivity index (χ0n) is 16.0. The standard InChI is InChI=1S/C21H26N4O2/c1-3-11-25-20-17(13-15-12-16(27-2)9-10-18(15)22-20)19(24-25)23-21(26)14-7-5-4-6-8-14/h9-10,12-14H,3-8,11H2,1-2H3,(H,23,24,26). The van der Waals surface area contributed by atoms with E-state index in [1.165, 1.54) is 6.42 Å². The molecule has 1 fully saturated rings. The van der Waals surface area contributed by atoms with E-state index in [2.05, 4.69) is 23.4 Å². The Kier molecular flexibility index (Phi) is 4.97. The maximum atomic E-state index is 12.7. The van der Waals surface area contributed by atoms with Crippen molar-refractivity contribution in [1.82, 2.24) is 14.8 Å². The van der Waals surface area contributed by atoms with Crippen LogP contribution in [0.25, 0.3) is 21.9 Å². The quantitative estimate of drug-likeness (QED) is 0.721. The largest absolute Gasteiger partial charge is 0.497 e. The molecule has 1 aromatic carbocycles. The second-order valence-electron chi connectivity index (χ2n) is 7.31. The fourth-order valence-electron chi connectivity index (χ4n) is 3.91. The first-order valence-corrected chi connectivity index (χ1v) is 9.85. The number of rotatable bonds is 5. The summed E-state index contributed by atoms with van der Waals surface area (Å²) in [6.45, 7) is 2.88. The van der Waals surface area contributed by atoms with Crippen molar-refractivity contribution in [2.45, 2.75) is 52.0 Å². The van der Waals surface area contributed by atoms with Gasteiger partial charge in [-0.1, -0.05) is 26.2 Å². The van der Waals surface area contributed by atoms with Crippen molar-refractivity contribution >= 4 is 33.7 Å². The molecule has 0 bridgehead atoms. The first-order valence-electron chi connectivity index (χ1n) is 9.85. The molecular weight excluding hydrogens is 340 g/mol. The number of aryl methyl sites for hydroxylation is 1. The maximum Gasteiger partial charge on any atom is 0.228 e. The fourth-order valence-corrected chi connectivity index (χ4v) is 3.91. The van der Waals surface area contributed by atoms with Crippen molar-refractivity contribution in [3.8, 4) is 5.75 Å². The number of benzene rings is 1. The summed E-state index contributed by atoms with van der Waals surface area (Å²) in [7, 11) is 1.65. The lowest BCUT2D eigenvalue weighted by Crippen LogP contribution is -2.25. The SMILES string of the molecule is CCCn1nc(NC(=O)C2CCCCC2)c2cc3cc(OC)ccc3nc21. The molecule has 0 radical (unpaired) electrons. The van der Waals surface area contributed by atoms with Crippen LogP contribution in [0.1, 0.15) is 45.4 Å². The first kappa shape index (κ1) is 17.8. The van der Waals surface area contributed by atoms with Crippen molar-refractivity contribution in [2.24, 2.45) is 5.92 Å². The highest BCUT2D eigenvalue weighted by molar-refractivity contribution is 6.03. The normalized spacial score (nSPS) is 15.3. The molecule has 6 heteroatoms. The Labute approximate surface area is 158 Å². The minimum Gasteiger partial charge on any atom is -0.497 e. The number of methoxy groups -OCH3 is 1. The molecule has 6 nitrogen and oxygen atoms in total. The number of hydrogen-bond acceptors (Lipinski definition) is 4. The summed E-state index contributed by atoms with van der Waals surface area (Å²) in [5.41, 5.74) is 1.71. The van der Waals surface area contributed by atoms with Gasteiger partial charge in [-0.05, 0) is 43.5 Å². The van der Waals surface area contributed by atoms with Crippen molar-refractivity contribution in [2.75, 3.05) is 12.4 Å². The zero-order chi connectivity index (χ0) is 18.8. The Balaban J connectivity index is 1.75. The molecule has 27 heavy (non-hydrogen) atoms. The van der Waals surface area contributed by atoms with Crippen molar-refractivity contribution in [3.63, 3.8) is 0 Å². The second-order valence-corrected chi connectivity index (χ2v) is 7.31. The third kappa shape index (κ3) is 3.48. The molecule has 1 aliphatic carbocycles. The van der Waals surface area contributed by atoms with Gasteiger partial charge in [0.2, 0.25) is 5.91 Å². The topological polar surface area (TPSA) is 69.0 Å².